The highest BCUT2D eigenvalue weighted by molar-refractivity contribution is 5.47. The zero-order valence-electron chi connectivity index (χ0n) is 11.2. The first kappa shape index (κ1) is 13.1. The molecule has 1 aliphatic carbocycles. The molecule has 0 aromatic heterocycles. The molecule has 0 spiro atoms. The summed E-state index contributed by atoms with van der Waals surface area (Å²) >= 11 is 0. The van der Waals surface area contributed by atoms with Gasteiger partial charge in [-0.25, -0.2) is 4.39 Å². The van der Waals surface area contributed by atoms with Crippen LogP contribution in [0.15, 0.2) is 48.5 Å². The molecule has 0 bridgehead atoms. The van der Waals surface area contributed by atoms with Gasteiger partial charge in [0.25, 0.3) is 0 Å². The van der Waals surface area contributed by atoms with E-state index < -0.39 is 0 Å². The smallest absolute Gasteiger partial charge is 0.123 e. The zero-order valence-corrected chi connectivity index (χ0v) is 11.2. The summed E-state index contributed by atoms with van der Waals surface area (Å²) in [5.74, 6) is 0.379. The highest BCUT2D eigenvalue weighted by atomic mass is 19.1. The van der Waals surface area contributed by atoms with Gasteiger partial charge in [-0.1, -0.05) is 24.3 Å². The van der Waals surface area contributed by atoms with Crippen molar-refractivity contribution in [3.05, 3.63) is 65.5 Å². The van der Waals surface area contributed by atoms with Gasteiger partial charge in [-0.15, -0.1) is 0 Å². The fourth-order valence-electron chi connectivity index (χ4n) is 2.56. The van der Waals surface area contributed by atoms with Crippen LogP contribution in [0.2, 0.25) is 0 Å². The normalized spacial score (nSPS) is 15.9. The predicted molar refractivity (Wildman–Crippen MR) is 78.3 cm³/mol. The molecule has 0 radical (unpaired) electrons. The van der Waals surface area contributed by atoms with Gasteiger partial charge in [-0.2, -0.15) is 0 Å². The Labute approximate surface area is 118 Å². The molecule has 0 aliphatic heterocycles. The van der Waals surface area contributed by atoms with Crippen LogP contribution in [0, 0.1) is 5.82 Å². The highest BCUT2D eigenvalue weighted by Gasteiger charge is 2.27. The van der Waals surface area contributed by atoms with Gasteiger partial charge in [0, 0.05) is 5.69 Å². The Morgan fingerprint density at radius 2 is 1.80 bits per heavy atom. The second kappa shape index (κ2) is 5.63. The Morgan fingerprint density at radius 1 is 1.10 bits per heavy atom. The van der Waals surface area contributed by atoms with Crippen LogP contribution in [0.3, 0.4) is 0 Å². The number of halogens is 1. The van der Waals surface area contributed by atoms with Crippen LogP contribution in [-0.4, -0.2) is 11.7 Å². The molecule has 3 heteroatoms. The zero-order chi connectivity index (χ0) is 13.9. The molecule has 2 N–H and O–H groups in total. The summed E-state index contributed by atoms with van der Waals surface area (Å²) in [5, 5.41) is 13.0. The molecule has 2 aromatic carbocycles. The number of benzene rings is 2. The highest BCUT2D eigenvalue weighted by Crippen LogP contribution is 2.43. The third-order valence-electron chi connectivity index (χ3n) is 3.76. The molecule has 1 atom stereocenters. The SMILES string of the molecule is OCC(Nc1ccc(F)cc1)c1ccccc1C1CC1. The molecule has 1 aliphatic rings. The van der Waals surface area contributed by atoms with Crippen LogP contribution in [-0.2, 0) is 0 Å². The fraction of sp³-hybridized carbons (Fsp3) is 0.294. The summed E-state index contributed by atoms with van der Waals surface area (Å²) in [7, 11) is 0. The van der Waals surface area contributed by atoms with Gasteiger partial charge in [0.2, 0.25) is 0 Å². The summed E-state index contributed by atoms with van der Waals surface area (Å²) in [6, 6.07) is 14.3. The lowest BCUT2D eigenvalue weighted by molar-refractivity contribution is 0.276. The van der Waals surface area contributed by atoms with E-state index in [0.717, 1.165) is 11.3 Å². The van der Waals surface area contributed by atoms with Crippen LogP contribution in [0.1, 0.15) is 35.9 Å². The summed E-state index contributed by atoms with van der Waals surface area (Å²) < 4.78 is 12.9. The van der Waals surface area contributed by atoms with E-state index in [4.69, 9.17) is 0 Å². The van der Waals surface area contributed by atoms with Crippen molar-refractivity contribution in [2.75, 3.05) is 11.9 Å². The Balaban J connectivity index is 1.84. The monoisotopic (exact) mass is 271 g/mol. The van der Waals surface area contributed by atoms with Crippen LogP contribution in [0.25, 0.3) is 0 Å². The van der Waals surface area contributed by atoms with E-state index in [2.05, 4.69) is 17.4 Å². The Bertz CT molecular complexity index is 578. The van der Waals surface area contributed by atoms with Crippen LogP contribution < -0.4 is 5.32 Å². The number of nitrogens with one attached hydrogen (secondary N) is 1. The first-order valence-corrected chi connectivity index (χ1v) is 6.99. The summed E-state index contributed by atoms with van der Waals surface area (Å²) in [6.45, 7) is 0.0150. The molecule has 104 valence electrons. The van der Waals surface area contributed by atoms with Gasteiger partial charge < -0.3 is 10.4 Å². The lowest BCUT2D eigenvalue weighted by Crippen LogP contribution is -2.16. The maximum atomic E-state index is 12.9. The lowest BCUT2D eigenvalue weighted by Gasteiger charge is -2.21. The molecule has 0 saturated heterocycles. The number of hydrogen-bond donors (Lipinski definition) is 2. The number of hydrogen-bond acceptors (Lipinski definition) is 2. The maximum Gasteiger partial charge on any atom is 0.123 e. The van der Waals surface area contributed by atoms with Gasteiger partial charge in [-0.3, -0.25) is 0 Å². The van der Waals surface area contributed by atoms with Crippen molar-refractivity contribution in [2.45, 2.75) is 24.8 Å². The van der Waals surface area contributed by atoms with Crippen molar-refractivity contribution in [1.82, 2.24) is 0 Å². The second-order valence-corrected chi connectivity index (χ2v) is 5.29. The van der Waals surface area contributed by atoms with Gasteiger partial charge in [0.05, 0.1) is 12.6 Å². The molecule has 2 aromatic rings. The van der Waals surface area contributed by atoms with Crippen molar-refractivity contribution < 1.29 is 9.50 Å². The first-order valence-electron chi connectivity index (χ1n) is 6.99. The minimum absolute atomic E-state index is 0.0150. The Kier molecular flexibility index (Phi) is 3.70. The molecule has 20 heavy (non-hydrogen) atoms. The van der Waals surface area contributed by atoms with Crippen LogP contribution in [0.4, 0.5) is 10.1 Å². The van der Waals surface area contributed by atoms with Gasteiger partial charge in [-0.05, 0) is 54.2 Å². The first-order chi connectivity index (χ1) is 9.78. The Morgan fingerprint density at radius 3 is 2.45 bits per heavy atom. The van der Waals surface area contributed by atoms with Gasteiger partial charge in [0.1, 0.15) is 5.82 Å². The topological polar surface area (TPSA) is 32.3 Å². The largest absolute Gasteiger partial charge is 0.394 e. The number of rotatable bonds is 5. The van der Waals surface area contributed by atoms with Crippen LogP contribution >= 0.6 is 0 Å². The minimum atomic E-state index is -0.255. The Hall–Kier alpha value is -1.87. The number of aliphatic hydroxyl groups excluding tert-OH is 1. The number of aliphatic hydroxyl groups is 1. The van der Waals surface area contributed by atoms with E-state index >= 15 is 0 Å². The number of anilines is 1. The van der Waals surface area contributed by atoms with E-state index in [-0.39, 0.29) is 18.5 Å². The molecule has 2 nitrogen and oxygen atoms in total. The molecule has 1 fully saturated rings. The van der Waals surface area contributed by atoms with Crippen molar-refractivity contribution in [1.29, 1.82) is 0 Å². The van der Waals surface area contributed by atoms with Crippen molar-refractivity contribution >= 4 is 5.69 Å². The van der Waals surface area contributed by atoms with E-state index in [0.29, 0.717) is 5.92 Å². The molecule has 1 saturated carbocycles. The van der Waals surface area contributed by atoms with Gasteiger partial charge >= 0.3 is 0 Å². The van der Waals surface area contributed by atoms with Gasteiger partial charge in [0.15, 0.2) is 0 Å². The molecule has 1 unspecified atom stereocenters. The lowest BCUT2D eigenvalue weighted by atomic mass is 9.97. The fourth-order valence-corrected chi connectivity index (χ4v) is 2.56. The van der Waals surface area contributed by atoms with E-state index in [1.807, 2.05) is 12.1 Å². The quantitative estimate of drug-likeness (QED) is 0.865. The van der Waals surface area contributed by atoms with E-state index in [1.54, 1.807) is 12.1 Å². The third-order valence-corrected chi connectivity index (χ3v) is 3.76. The van der Waals surface area contributed by atoms with Crippen molar-refractivity contribution in [3.63, 3.8) is 0 Å². The standard InChI is InChI=1S/C17H18FNO/c18-13-7-9-14(10-8-13)19-17(11-20)16-4-2-1-3-15(16)12-5-6-12/h1-4,7-10,12,17,19-20H,5-6,11H2. The molecule has 0 heterocycles. The average Bonchev–Trinajstić information content (AvgIpc) is 3.31. The molecular weight excluding hydrogens is 253 g/mol. The predicted octanol–water partition coefficient (Wildman–Crippen LogP) is 3.85. The van der Waals surface area contributed by atoms with Crippen molar-refractivity contribution in [2.24, 2.45) is 0 Å². The summed E-state index contributed by atoms with van der Waals surface area (Å²) in [5.41, 5.74) is 3.28. The average molecular weight is 271 g/mol. The third kappa shape index (κ3) is 2.83. The summed E-state index contributed by atoms with van der Waals surface area (Å²) in [4.78, 5) is 0. The molecular formula is C17H18FNO. The van der Waals surface area contributed by atoms with Crippen LogP contribution in [0.5, 0.6) is 0 Å². The van der Waals surface area contributed by atoms with E-state index in [1.165, 1.54) is 30.5 Å². The summed E-state index contributed by atoms with van der Waals surface area (Å²) in [6.07, 6.45) is 2.46. The van der Waals surface area contributed by atoms with Crippen molar-refractivity contribution in [3.8, 4) is 0 Å². The molecule has 3 rings (SSSR count). The minimum Gasteiger partial charge on any atom is -0.394 e. The van der Waals surface area contributed by atoms with E-state index in [9.17, 15) is 9.50 Å². The maximum absolute atomic E-state index is 12.9. The molecule has 0 amide bonds. The second-order valence-electron chi connectivity index (χ2n) is 5.29.